The molecule has 1 aliphatic heterocycles. The van der Waals surface area contributed by atoms with Crippen LogP contribution in [0.2, 0.25) is 0 Å². The first kappa shape index (κ1) is 16.7. The van der Waals surface area contributed by atoms with Gasteiger partial charge in [0.25, 0.3) is 0 Å². The number of carbonyl (C=O) groups is 1. The fraction of sp³-hybridized carbons (Fsp3) is 0.600. The minimum atomic E-state index is 0.304. The molecule has 3 fully saturated rings. The van der Waals surface area contributed by atoms with E-state index in [4.69, 9.17) is 4.52 Å². The summed E-state index contributed by atoms with van der Waals surface area (Å²) in [7, 11) is 0. The standard InChI is InChI=1S/C20H25N5O2/c26-20(15-5-6-15)25-11-9-24(10-12-25)17-8-7-16(13-21-17)18-22-19(27-23-18)14-3-1-2-4-14/h7-8,13-15H,1-6,9-12H2. The van der Waals surface area contributed by atoms with E-state index in [1.807, 2.05) is 23.2 Å². The van der Waals surface area contributed by atoms with E-state index >= 15 is 0 Å². The second kappa shape index (κ2) is 6.94. The average molecular weight is 367 g/mol. The minimum Gasteiger partial charge on any atom is -0.353 e. The van der Waals surface area contributed by atoms with Crippen LogP contribution in [0.3, 0.4) is 0 Å². The Morgan fingerprint density at radius 1 is 1.04 bits per heavy atom. The van der Waals surface area contributed by atoms with E-state index in [9.17, 15) is 4.79 Å². The second-order valence-corrected chi connectivity index (χ2v) is 7.93. The highest BCUT2D eigenvalue weighted by Crippen LogP contribution is 2.34. The molecule has 2 aliphatic carbocycles. The molecule has 142 valence electrons. The molecular formula is C20H25N5O2. The van der Waals surface area contributed by atoms with Crippen molar-refractivity contribution in [2.45, 2.75) is 44.4 Å². The van der Waals surface area contributed by atoms with Crippen molar-refractivity contribution in [3.63, 3.8) is 0 Å². The van der Waals surface area contributed by atoms with Crippen LogP contribution in [0.5, 0.6) is 0 Å². The van der Waals surface area contributed by atoms with Gasteiger partial charge in [-0.05, 0) is 37.8 Å². The van der Waals surface area contributed by atoms with E-state index in [0.29, 0.717) is 23.6 Å². The van der Waals surface area contributed by atoms with Gasteiger partial charge in [0, 0.05) is 49.8 Å². The van der Waals surface area contributed by atoms with Crippen LogP contribution in [0, 0.1) is 5.92 Å². The summed E-state index contributed by atoms with van der Waals surface area (Å²) in [4.78, 5) is 25.6. The van der Waals surface area contributed by atoms with Crippen LogP contribution in [0.15, 0.2) is 22.9 Å². The predicted molar refractivity (Wildman–Crippen MR) is 100 cm³/mol. The Balaban J connectivity index is 1.22. The van der Waals surface area contributed by atoms with Crippen LogP contribution in [0.1, 0.15) is 50.3 Å². The molecule has 0 radical (unpaired) electrons. The van der Waals surface area contributed by atoms with Gasteiger partial charge in [-0.15, -0.1) is 0 Å². The molecule has 1 amide bonds. The maximum Gasteiger partial charge on any atom is 0.230 e. The van der Waals surface area contributed by atoms with Crippen LogP contribution < -0.4 is 4.90 Å². The summed E-state index contributed by atoms with van der Waals surface area (Å²) in [6, 6.07) is 4.02. The zero-order chi connectivity index (χ0) is 18.2. The fourth-order valence-electron chi connectivity index (χ4n) is 4.14. The molecule has 7 heteroatoms. The van der Waals surface area contributed by atoms with E-state index < -0.39 is 0 Å². The maximum atomic E-state index is 12.2. The average Bonchev–Trinajstić information content (AvgIpc) is 3.20. The topological polar surface area (TPSA) is 75.4 Å². The highest BCUT2D eigenvalue weighted by atomic mass is 16.5. The molecule has 2 aromatic rings. The lowest BCUT2D eigenvalue weighted by Crippen LogP contribution is -2.49. The van der Waals surface area contributed by atoms with Gasteiger partial charge in [-0.1, -0.05) is 18.0 Å². The van der Waals surface area contributed by atoms with Gasteiger partial charge in [-0.2, -0.15) is 4.98 Å². The van der Waals surface area contributed by atoms with Crippen LogP contribution in [-0.4, -0.2) is 52.1 Å². The monoisotopic (exact) mass is 367 g/mol. The number of pyridine rings is 1. The van der Waals surface area contributed by atoms with Gasteiger partial charge in [0.2, 0.25) is 17.6 Å². The molecular weight excluding hydrogens is 342 g/mol. The minimum absolute atomic E-state index is 0.304. The third-order valence-electron chi connectivity index (χ3n) is 5.99. The third-order valence-corrected chi connectivity index (χ3v) is 5.99. The molecule has 1 saturated heterocycles. The number of hydrogen-bond donors (Lipinski definition) is 0. The van der Waals surface area contributed by atoms with Crippen LogP contribution >= 0.6 is 0 Å². The predicted octanol–water partition coefficient (Wildman–Crippen LogP) is 2.85. The summed E-state index contributed by atoms with van der Waals surface area (Å²) >= 11 is 0. The first-order valence-electron chi connectivity index (χ1n) is 10.1. The van der Waals surface area contributed by atoms with Gasteiger partial charge in [0.15, 0.2) is 0 Å². The summed E-state index contributed by atoms with van der Waals surface area (Å²) in [6.07, 6.45) is 8.75. The van der Waals surface area contributed by atoms with Crippen molar-refractivity contribution in [2.24, 2.45) is 5.92 Å². The smallest absolute Gasteiger partial charge is 0.230 e. The molecule has 0 bridgehead atoms. The number of amides is 1. The van der Waals surface area contributed by atoms with Gasteiger partial charge < -0.3 is 14.3 Å². The molecule has 0 spiro atoms. The highest BCUT2D eigenvalue weighted by molar-refractivity contribution is 5.81. The van der Waals surface area contributed by atoms with E-state index in [1.165, 1.54) is 12.8 Å². The number of aromatic nitrogens is 3. The lowest BCUT2D eigenvalue weighted by atomic mass is 10.1. The molecule has 7 nitrogen and oxygen atoms in total. The van der Waals surface area contributed by atoms with Crippen molar-refractivity contribution in [3.05, 3.63) is 24.2 Å². The normalized spacial score (nSPS) is 21.0. The second-order valence-electron chi connectivity index (χ2n) is 7.93. The summed E-state index contributed by atoms with van der Waals surface area (Å²) in [5, 5.41) is 4.14. The summed E-state index contributed by atoms with van der Waals surface area (Å²) in [6.45, 7) is 3.24. The van der Waals surface area contributed by atoms with Crippen molar-refractivity contribution >= 4 is 11.7 Å². The van der Waals surface area contributed by atoms with Crippen molar-refractivity contribution in [1.82, 2.24) is 20.0 Å². The number of hydrogen-bond acceptors (Lipinski definition) is 6. The highest BCUT2D eigenvalue weighted by Gasteiger charge is 2.34. The van der Waals surface area contributed by atoms with Gasteiger partial charge in [-0.25, -0.2) is 4.98 Å². The van der Waals surface area contributed by atoms with Crippen molar-refractivity contribution < 1.29 is 9.32 Å². The zero-order valence-corrected chi connectivity index (χ0v) is 15.5. The van der Waals surface area contributed by atoms with Crippen LogP contribution in [0.4, 0.5) is 5.82 Å². The van der Waals surface area contributed by atoms with E-state index in [1.54, 1.807) is 0 Å². The van der Waals surface area contributed by atoms with E-state index in [-0.39, 0.29) is 0 Å². The number of piperazine rings is 1. The maximum absolute atomic E-state index is 12.2. The lowest BCUT2D eigenvalue weighted by molar-refractivity contribution is -0.132. The Kier molecular flexibility index (Phi) is 4.30. The molecule has 0 aromatic carbocycles. The number of rotatable bonds is 4. The Morgan fingerprint density at radius 3 is 2.48 bits per heavy atom. The van der Waals surface area contributed by atoms with Gasteiger partial charge in [0.05, 0.1) is 0 Å². The van der Waals surface area contributed by atoms with E-state index in [0.717, 1.165) is 69.1 Å². The Hall–Kier alpha value is -2.44. The van der Waals surface area contributed by atoms with Crippen molar-refractivity contribution in [3.8, 4) is 11.4 Å². The third kappa shape index (κ3) is 3.42. The number of carbonyl (C=O) groups excluding carboxylic acids is 1. The largest absolute Gasteiger partial charge is 0.353 e. The fourth-order valence-corrected chi connectivity index (χ4v) is 4.14. The Labute approximate surface area is 158 Å². The van der Waals surface area contributed by atoms with Crippen LogP contribution in [0.25, 0.3) is 11.4 Å². The zero-order valence-electron chi connectivity index (χ0n) is 15.5. The first-order chi connectivity index (χ1) is 13.3. The first-order valence-corrected chi connectivity index (χ1v) is 10.1. The summed E-state index contributed by atoms with van der Waals surface area (Å²) in [5.74, 6) is 3.40. The summed E-state index contributed by atoms with van der Waals surface area (Å²) < 4.78 is 5.47. The molecule has 2 saturated carbocycles. The van der Waals surface area contributed by atoms with Crippen molar-refractivity contribution in [1.29, 1.82) is 0 Å². The Bertz CT molecular complexity index is 800. The van der Waals surface area contributed by atoms with Crippen LogP contribution in [-0.2, 0) is 4.79 Å². The Morgan fingerprint density at radius 2 is 1.81 bits per heavy atom. The lowest BCUT2D eigenvalue weighted by Gasteiger charge is -2.35. The molecule has 3 aliphatic rings. The van der Waals surface area contributed by atoms with Gasteiger partial charge >= 0.3 is 0 Å². The number of nitrogens with zero attached hydrogens (tertiary/aromatic N) is 5. The number of anilines is 1. The molecule has 3 heterocycles. The summed E-state index contributed by atoms with van der Waals surface area (Å²) in [5.41, 5.74) is 0.884. The SMILES string of the molecule is O=C(C1CC1)N1CCN(c2ccc(-c3noc(C4CCCC4)n3)cn2)CC1. The molecule has 27 heavy (non-hydrogen) atoms. The molecule has 0 unspecified atom stereocenters. The molecule has 0 N–H and O–H groups in total. The quantitative estimate of drug-likeness (QED) is 0.827. The molecule has 5 rings (SSSR count). The van der Waals surface area contributed by atoms with Gasteiger partial charge in [0.1, 0.15) is 5.82 Å². The van der Waals surface area contributed by atoms with Crippen molar-refractivity contribution in [2.75, 3.05) is 31.1 Å². The van der Waals surface area contributed by atoms with E-state index in [2.05, 4.69) is 20.0 Å². The molecule has 0 atom stereocenters. The van der Waals surface area contributed by atoms with Gasteiger partial charge in [-0.3, -0.25) is 4.79 Å². The molecule has 2 aromatic heterocycles.